The van der Waals surface area contributed by atoms with Gasteiger partial charge in [0.15, 0.2) is 0 Å². The lowest BCUT2D eigenvalue weighted by atomic mass is 10.00. The fourth-order valence-electron chi connectivity index (χ4n) is 1.11. The van der Waals surface area contributed by atoms with Crippen LogP contribution in [0.25, 0.3) is 0 Å². The Hall–Kier alpha value is -0.960. The molecule has 1 aromatic rings. The van der Waals surface area contributed by atoms with Crippen LogP contribution in [0.4, 0.5) is 0 Å². The lowest BCUT2D eigenvalue weighted by molar-refractivity contribution is 0.438. The highest BCUT2D eigenvalue weighted by atomic mass is 15.0. The zero-order chi connectivity index (χ0) is 7.68. The first-order valence-electron chi connectivity index (χ1n) is 3.85. The van der Waals surface area contributed by atoms with Crippen molar-refractivity contribution in [3.63, 3.8) is 0 Å². The van der Waals surface area contributed by atoms with E-state index in [1.54, 1.807) is 0 Å². The first-order chi connectivity index (χ1) is 5.36. The van der Waals surface area contributed by atoms with E-state index >= 15 is 0 Å². The van der Waals surface area contributed by atoms with Crippen LogP contribution in [-0.2, 0) is 0 Å². The molecule has 1 aliphatic rings. The zero-order valence-electron chi connectivity index (χ0n) is 6.54. The largest absolute Gasteiger partial charge is 0.315 e. The highest BCUT2D eigenvalue weighted by Crippen LogP contribution is 2.15. The topological polar surface area (TPSA) is 37.8 Å². The van der Waals surface area contributed by atoms with Crippen molar-refractivity contribution in [2.24, 2.45) is 0 Å². The van der Waals surface area contributed by atoms with E-state index < -0.39 is 0 Å². The Kier molecular flexibility index (Phi) is 1.58. The number of nitrogens with one attached hydrogen (secondary N) is 1. The Bertz CT molecular complexity index is 238. The molecule has 0 saturated carbocycles. The molecule has 1 saturated heterocycles. The lowest BCUT2D eigenvalue weighted by Gasteiger charge is -2.25. The fourth-order valence-corrected chi connectivity index (χ4v) is 1.11. The van der Waals surface area contributed by atoms with Crippen molar-refractivity contribution >= 4 is 0 Å². The Labute approximate surface area is 65.9 Å². The first-order valence-corrected chi connectivity index (χ1v) is 3.85. The van der Waals surface area contributed by atoms with Crippen molar-refractivity contribution < 1.29 is 0 Å². The van der Waals surface area contributed by atoms with Crippen molar-refractivity contribution in [2.75, 3.05) is 13.1 Å². The first kappa shape index (κ1) is 6.73. The molecule has 1 aromatic heterocycles. The second-order valence-corrected chi connectivity index (χ2v) is 2.94. The number of aryl methyl sites for hydroxylation is 1. The summed E-state index contributed by atoms with van der Waals surface area (Å²) in [7, 11) is 0. The van der Waals surface area contributed by atoms with Crippen LogP contribution >= 0.6 is 0 Å². The second kappa shape index (κ2) is 2.58. The molecule has 1 aliphatic heterocycles. The van der Waals surface area contributed by atoms with Gasteiger partial charge in [0, 0.05) is 31.4 Å². The van der Waals surface area contributed by atoms with Gasteiger partial charge in [-0.15, -0.1) is 0 Å². The minimum atomic E-state index is 0.600. The van der Waals surface area contributed by atoms with Gasteiger partial charge in [0.2, 0.25) is 0 Å². The quantitative estimate of drug-likeness (QED) is 0.630. The molecule has 11 heavy (non-hydrogen) atoms. The number of rotatable bonds is 1. The van der Waals surface area contributed by atoms with E-state index in [2.05, 4.69) is 15.3 Å². The van der Waals surface area contributed by atoms with Crippen LogP contribution in [-0.4, -0.2) is 23.1 Å². The maximum absolute atomic E-state index is 4.30. The van der Waals surface area contributed by atoms with Gasteiger partial charge in [0.05, 0.1) is 11.4 Å². The minimum Gasteiger partial charge on any atom is -0.315 e. The van der Waals surface area contributed by atoms with E-state index in [0.717, 1.165) is 24.5 Å². The second-order valence-electron chi connectivity index (χ2n) is 2.94. The predicted molar refractivity (Wildman–Crippen MR) is 42.4 cm³/mol. The van der Waals surface area contributed by atoms with Gasteiger partial charge in [-0.3, -0.25) is 9.97 Å². The van der Waals surface area contributed by atoms with Gasteiger partial charge in [-0.2, -0.15) is 0 Å². The smallest absolute Gasteiger partial charge is 0.0643 e. The van der Waals surface area contributed by atoms with Gasteiger partial charge in [-0.05, 0) is 6.92 Å². The maximum Gasteiger partial charge on any atom is 0.0643 e. The summed E-state index contributed by atoms with van der Waals surface area (Å²) in [6.45, 7) is 4.06. The van der Waals surface area contributed by atoms with E-state index in [1.807, 2.05) is 19.3 Å². The summed E-state index contributed by atoms with van der Waals surface area (Å²) in [4.78, 5) is 8.49. The van der Waals surface area contributed by atoms with Gasteiger partial charge in [0.1, 0.15) is 0 Å². The van der Waals surface area contributed by atoms with Gasteiger partial charge < -0.3 is 5.32 Å². The molecular formula is C8H11N3. The Morgan fingerprint density at radius 2 is 2.18 bits per heavy atom. The molecule has 1 fully saturated rings. The highest BCUT2D eigenvalue weighted by Gasteiger charge is 2.19. The lowest BCUT2D eigenvalue weighted by Crippen LogP contribution is -2.40. The summed E-state index contributed by atoms with van der Waals surface area (Å²) in [6, 6.07) is 0. The Balaban J connectivity index is 2.18. The van der Waals surface area contributed by atoms with Crippen LogP contribution in [0.2, 0.25) is 0 Å². The normalized spacial score (nSPS) is 17.9. The molecule has 0 bridgehead atoms. The molecule has 0 radical (unpaired) electrons. The summed E-state index contributed by atoms with van der Waals surface area (Å²) >= 11 is 0. The molecule has 0 amide bonds. The van der Waals surface area contributed by atoms with E-state index in [9.17, 15) is 0 Å². The average molecular weight is 149 g/mol. The van der Waals surface area contributed by atoms with Crippen LogP contribution in [0.3, 0.4) is 0 Å². The van der Waals surface area contributed by atoms with E-state index in [4.69, 9.17) is 0 Å². The standard InChI is InChI=1S/C8H11N3/c1-6-2-11-8(5-10-6)7-3-9-4-7/h2,5,7,9H,3-4H2,1H3. The number of nitrogens with zero attached hydrogens (tertiary/aromatic N) is 2. The molecule has 2 heterocycles. The Morgan fingerprint density at radius 3 is 2.64 bits per heavy atom. The van der Waals surface area contributed by atoms with Crippen molar-refractivity contribution in [3.8, 4) is 0 Å². The summed E-state index contributed by atoms with van der Waals surface area (Å²) in [5.74, 6) is 0.600. The van der Waals surface area contributed by atoms with Gasteiger partial charge in [0.25, 0.3) is 0 Å². The van der Waals surface area contributed by atoms with Gasteiger partial charge >= 0.3 is 0 Å². The Morgan fingerprint density at radius 1 is 1.36 bits per heavy atom. The van der Waals surface area contributed by atoms with Crippen molar-refractivity contribution in [1.29, 1.82) is 0 Å². The molecule has 2 rings (SSSR count). The van der Waals surface area contributed by atoms with E-state index in [0.29, 0.717) is 5.92 Å². The maximum atomic E-state index is 4.30. The number of hydrogen-bond acceptors (Lipinski definition) is 3. The molecule has 0 aromatic carbocycles. The third kappa shape index (κ3) is 1.24. The van der Waals surface area contributed by atoms with Gasteiger partial charge in [-0.25, -0.2) is 0 Å². The molecule has 0 atom stereocenters. The number of hydrogen-bond donors (Lipinski definition) is 1. The summed E-state index contributed by atoms with van der Waals surface area (Å²) in [5, 5.41) is 3.21. The highest BCUT2D eigenvalue weighted by molar-refractivity contribution is 5.10. The van der Waals surface area contributed by atoms with Crippen LogP contribution in [0, 0.1) is 6.92 Å². The molecular weight excluding hydrogens is 138 g/mol. The molecule has 3 heteroatoms. The van der Waals surface area contributed by atoms with Gasteiger partial charge in [-0.1, -0.05) is 0 Å². The van der Waals surface area contributed by atoms with Crippen LogP contribution in [0.1, 0.15) is 17.3 Å². The summed E-state index contributed by atoms with van der Waals surface area (Å²) in [5.41, 5.74) is 2.11. The third-order valence-electron chi connectivity index (χ3n) is 2.00. The van der Waals surface area contributed by atoms with E-state index in [1.165, 1.54) is 0 Å². The predicted octanol–water partition coefficient (Wildman–Crippen LogP) is 0.472. The van der Waals surface area contributed by atoms with E-state index in [-0.39, 0.29) is 0 Å². The van der Waals surface area contributed by atoms with Crippen LogP contribution < -0.4 is 5.32 Å². The SMILES string of the molecule is Cc1cnc(C2CNC2)cn1. The van der Waals surface area contributed by atoms with Crippen molar-refractivity contribution in [1.82, 2.24) is 15.3 Å². The van der Waals surface area contributed by atoms with Crippen molar-refractivity contribution in [3.05, 3.63) is 23.8 Å². The van der Waals surface area contributed by atoms with Crippen molar-refractivity contribution in [2.45, 2.75) is 12.8 Å². The molecule has 0 spiro atoms. The molecule has 0 aliphatic carbocycles. The molecule has 58 valence electrons. The number of aromatic nitrogens is 2. The fraction of sp³-hybridized carbons (Fsp3) is 0.500. The average Bonchev–Trinajstić information content (AvgIpc) is 1.90. The van der Waals surface area contributed by atoms with Crippen LogP contribution in [0.15, 0.2) is 12.4 Å². The molecule has 0 unspecified atom stereocenters. The van der Waals surface area contributed by atoms with Crippen LogP contribution in [0.5, 0.6) is 0 Å². The molecule has 1 N–H and O–H groups in total. The zero-order valence-corrected chi connectivity index (χ0v) is 6.54. The minimum absolute atomic E-state index is 0.600. The monoisotopic (exact) mass is 149 g/mol. The molecule has 3 nitrogen and oxygen atoms in total. The third-order valence-corrected chi connectivity index (χ3v) is 2.00. The summed E-state index contributed by atoms with van der Waals surface area (Å²) in [6.07, 6.45) is 3.70. The summed E-state index contributed by atoms with van der Waals surface area (Å²) < 4.78 is 0.